The summed E-state index contributed by atoms with van der Waals surface area (Å²) in [4.78, 5) is 10.8. The molecule has 10 heavy (non-hydrogen) atoms. The molecule has 0 saturated carbocycles. The van der Waals surface area contributed by atoms with E-state index in [1.54, 1.807) is 0 Å². The first-order valence-corrected chi connectivity index (χ1v) is 3.95. The van der Waals surface area contributed by atoms with E-state index in [-0.39, 0.29) is 5.91 Å². The van der Waals surface area contributed by atoms with Crippen LogP contribution in [0.2, 0.25) is 0 Å². The lowest BCUT2D eigenvalue weighted by molar-refractivity contribution is -0.152. The maximum atomic E-state index is 10.8. The van der Waals surface area contributed by atoms with Crippen LogP contribution in [0, 0.1) is 5.41 Å². The van der Waals surface area contributed by atoms with Crippen LogP contribution in [-0.4, -0.2) is 24.9 Å². The van der Waals surface area contributed by atoms with Gasteiger partial charge in [0.25, 0.3) is 0 Å². The number of hydrogen-bond donors (Lipinski definition) is 2. The van der Waals surface area contributed by atoms with Gasteiger partial charge in [-0.3, -0.25) is 9.93 Å². The molecular formula is C5H10N2O2S. The SMILES string of the molecule is NSCC1(C(N)=O)COC1. The van der Waals surface area contributed by atoms with Crippen LogP contribution in [0.4, 0.5) is 0 Å². The average molecular weight is 162 g/mol. The number of hydrogen-bond acceptors (Lipinski definition) is 4. The molecule has 0 spiro atoms. The Hall–Kier alpha value is -0.260. The average Bonchev–Trinajstić information content (AvgIpc) is 1.77. The van der Waals surface area contributed by atoms with Crippen LogP contribution >= 0.6 is 11.9 Å². The molecule has 4 nitrogen and oxygen atoms in total. The molecule has 0 aliphatic carbocycles. The molecule has 1 aliphatic heterocycles. The molecule has 5 heteroatoms. The van der Waals surface area contributed by atoms with Gasteiger partial charge >= 0.3 is 0 Å². The van der Waals surface area contributed by atoms with Gasteiger partial charge in [0, 0.05) is 5.75 Å². The van der Waals surface area contributed by atoms with E-state index in [1.807, 2.05) is 0 Å². The molecule has 1 amide bonds. The van der Waals surface area contributed by atoms with Gasteiger partial charge in [-0.2, -0.15) is 0 Å². The van der Waals surface area contributed by atoms with Gasteiger partial charge in [-0.1, -0.05) is 11.9 Å². The zero-order valence-electron chi connectivity index (χ0n) is 5.50. The molecule has 0 atom stereocenters. The minimum Gasteiger partial charge on any atom is -0.379 e. The number of nitrogens with two attached hydrogens (primary N) is 2. The second kappa shape index (κ2) is 2.77. The van der Waals surface area contributed by atoms with Gasteiger partial charge in [-0.15, -0.1) is 0 Å². The van der Waals surface area contributed by atoms with Crippen molar-refractivity contribution in [3.8, 4) is 0 Å². The van der Waals surface area contributed by atoms with E-state index in [2.05, 4.69) is 0 Å². The molecule has 0 unspecified atom stereocenters. The third-order valence-electron chi connectivity index (χ3n) is 1.64. The summed E-state index contributed by atoms with van der Waals surface area (Å²) < 4.78 is 4.88. The molecule has 1 aliphatic rings. The third-order valence-corrected chi connectivity index (χ3v) is 2.36. The van der Waals surface area contributed by atoms with Crippen LogP contribution in [0.25, 0.3) is 0 Å². The fourth-order valence-corrected chi connectivity index (χ4v) is 1.43. The van der Waals surface area contributed by atoms with Gasteiger partial charge in [0.1, 0.15) is 5.41 Å². The molecule has 0 aromatic rings. The quantitative estimate of drug-likeness (QED) is 0.527. The maximum Gasteiger partial charge on any atom is 0.229 e. The van der Waals surface area contributed by atoms with Gasteiger partial charge in [0.2, 0.25) is 5.91 Å². The molecule has 58 valence electrons. The topological polar surface area (TPSA) is 78.3 Å². The summed E-state index contributed by atoms with van der Waals surface area (Å²) in [6.45, 7) is 0.846. The Morgan fingerprint density at radius 3 is 2.40 bits per heavy atom. The Balaban J connectivity index is 2.50. The molecular weight excluding hydrogens is 152 g/mol. The second-order valence-corrected chi connectivity index (χ2v) is 3.07. The van der Waals surface area contributed by atoms with E-state index in [4.69, 9.17) is 15.6 Å². The van der Waals surface area contributed by atoms with E-state index in [9.17, 15) is 4.79 Å². The lowest BCUT2D eigenvalue weighted by Crippen LogP contribution is -2.54. The van der Waals surface area contributed by atoms with Crippen molar-refractivity contribution in [2.24, 2.45) is 16.3 Å². The summed E-state index contributed by atoms with van der Waals surface area (Å²) in [5.74, 6) is 0.249. The first-order valence-electron chi connectivity index (χ1n) is 2.91. The first kappa shape index (κ1) is 7.84. The van der Waals surface area contributed by atoms with Crippen molar-refractivity contribution in [1.29, 1.82) is 0 Å². The van der Waals surface area contributed by atoms with Crippen LogP contribution in [0.1, 0.15) is 0 Å². The summed E-state index contributed by atoms with van der Waals surface area (Å²) in [7, 11) is 0. The van der Waals surface area contributed by atoms with Gasteiger partial charge < -0.3 is 10.5 Å². The van der Waals surface area contributed by atoms with Crippen LogP contribution in [0.5, 0.6) is 0 Å². The van der Waals surface area contributed by atoms with Crippen molar-refractivity contribution in [2.75, 3.05) is 19.0 Å². The minimum atomic E-state index is -0.473. The summed E-state index contributed by atoms with van der Waals surface area (Å²) >= 11 is 1.13. The molecule has 1 saturated heterocycles. The Kier molecular flexibility index (Phi) is 2.18. The number of carbonyl (C=O) groups excluding carboxylic acids is 1. The van der Waals surface area contributed by atoms with Crippen molar-refractivity contribution >= 4 is 17.9 Å². The monoisotopic (exact) mass is 162 g/mol. The highest BCUT2D eigenvalue weighted by molar-refractivity contribution is 7.97. The van der Waals surface area contributed by atoms with Crippen molar-refractivity contribution in [2.45, 2.75) is 0 Å². The number of amides is 1. The lowest BCUT2D eigenvalue weighted by Gasteiger charge is -2.37. The maximum absolute atomic E-state index is 10.8. The summed E-state index contributed by atoms with van der Waals surface area (Å²) in [6.07, 6.45) is 0. The van der Waals surface area contributed by atoms with Gasteiger partial charge in [-0.05, 0) is 0 Å². The van der Waals surface area contributed by atoms with Gasteiger partial charge in [0.15, 0.2) is 0 Å². The van der Waals surface area contributed by atoms with Crippen LogP contribution < -0.4 is 10.9 Å². The van der Waals surface area contributed by atoms with Crippen molar-refractivity contribution in [3.05, 3.63) is 0 Å². The largest absolute Gasteiger partial charge is 0.379 e. The normalized spacial score (nSPS) is 21.7. The Morgan fingerprint density at radius 2 is 2.30 bits per heavy atom. The zero-order chi connectivity index (χ0) is 7.61. The third kappa shape index (κ3) is 1.12. The van der Waals surface area contributed by atoms with E-state index < -0.39 is 5.41 Å². The number of rotatable bonds is 3. The molecule has 1 rings (SSSR count). The van der Waals surface area contributed by atoms with Crippen molar-refractivity contribution < 1.29 is 9.53 Å². The first-order chi connectivity index (χ1) is 4.71. The van der Waals surface area contributed by atoms with E-state index in [0.717, 1.165) is 11.9 Å². The number of ether oxygens (including phenoxy) is 1. The van der Waals surface area contributed by atoms with Gasteiger partial charge in [0.05, 0.1) is 13.2 Å². The second-order valence-electron chi connectivity index (χ2n) is 2.45. The van der Waals surface area contributed by atoms with Crippen LogP contribution in [0.3, 0.4) is 0 Å². The van der Waals surface area contributed by atoms with Crippen molar-refractivity contribution in [1.82, 2.24) is 0 Å². The highest BCUT2D eigenvalue weighted by Crippen LogP contribution is 2.29. The lowest BCUT2D eigenvalue weighted by atomic mass is 9.88. The van der Waals surface area contributed by atoms with E-state index in [0.29, 0.717) is 19.0 Å². The Morgan fingerprint density at radius 1 is 1.70 bits per heavy atom. The Bertz CT molecular complexity index is 147. The van der Waals surface area contributed by atoms with Crippen molar-refractivity contribution in [3.63, 3.8) is 0 Å². The zero-order valence-corrected chi connectivity index (χ0v) is 6.32. The molecule has 0 aromatic heterocycles. The predicted molar refractivity (Wildman–Crippen MR) is 39.1 cm³/mol. The summed E-state index contributed by atoms with van der Waals surface area (Å²) in [6, 6.07) is 0. The molecule has 0 bridgehead atoms. The molecule has 0 aromatic carbocycles. The summed E-state index contributed by atoms with van der Waals surface area (Å²) in [5, 5.41) is 5.22. The molecule has 1 fully saturated rings. The predicted octanol–water partition coefficient (Wildman–Crippen LogP) is -0.905. The molecule has 4 N–H and O–H groups in total. The fraction of sp³-hybridized carbons (Fsp3) is 0.800. The number of carbonyl (C=O) groups is 1. The summed E-state index contributed by atoms with van der Waals surface area (Å²) in [5.41, 5.74) is 4.66. The minimum absolute atomic E-state index is 0.309. The highest BCUT2D eigenvalue weighted by atomic mass is 32.2. The fourth-order valence-electron chi connectivity index (χ4n) is 0.805. The molecule has 1 heterocycles. The Labute approximate surface area is 63.4 Å². The van der Waals surface area contributed by atoms with Gasteiger partial charge in [-0.25, -0.2) is 0 Å². The smallest absolute Gasteiger partial charge is 0.229 e. The van der Waals surface area contributed by atoms with E-state index in [1.165, 1.54) is 0 Å². The highest BCUT2D eigenvalue weighted by Gasteiger charge is 2.44. The van der Waals surface area contributed by atoms with E-state index >= 15 is 0 Å². The van der Waals surface area contributed by atoms with Crippen LogP contribution in [-0.2, 0) is 9.53 Å². The number of primary amides is 1. The van der Waals surface area contributed by atoms with Crippen LogP contribution in [0.15, 0.2) is 0 Å². The standard InChI is InChI=1S/C5H10N2O2S/c6-4(8)5(3-10-7)1-9-2-5/h1-3,7H2,(H2,6,8). The molecule has 0 radical (unpaired) electrons.